The van der Waals surface area contributed by atoms with E-state index in [2.05, 4.69) is 0 Å². The molecule has 6 heteroatoms. The summed E-state index contributed by atoms with van der Waals surface area (Å²) < 4.78 is 0.0503. The number of carbonyl (C=O) groups excluding carboxylic acids is 2. The van der Waals surface area contributed by atoms with Gasteiger partial charge in [0.15, 0.2) is 0 Å². The Morgan fingerprint density at radius 2 is 2.19 bits per heavy atom. The van der Waals surface area contributed by atoms with Crippen molar-refractivity contribution in [2.45, 2.75) is 23.0 Å². The summed E-state index contributed by atoms with van der Waals surface area (Å²) in [5.41, 5.74) is 5.37. The van der Waals surface area contributed by atoms with Gasteiger partial charge in [-0.15, -0.1) is 23.5 Å². The second kappa shape index (κ2) is 4.98. The molecule has 2 rings (SSSR count). The number of amides is 1. The second-order valence-electron chi connectivity index (χ2n) is 4.09. The molecule has 16 heavy (non-hydrogen) atoms. The molecule has 1 atom stereocenters. The Morgan fingerprint density at radius 1 is 1.50 bits per heavy atom. The van der Waals surface area contributed by atoms with Crippen molar-refractivity contribution in [3.63, 3.8) is 0 Å². The first-order chi connectivity index (χ1) is 7.71. The van der Waals surface area contributed by atoms with Crippen LogP contribution in [0.4, 0.5) is 0 Å². The van der Waals surface area contributed by atoms with Gasteiger partial charge in [0.25, 0.3) is 0 Å². The van der Waals surface area contributed by atoms with Crippen molar-refractivity contribution in [1.82, 2.24) is 4.90 Å². The Balaban J connectivity index is 2.10. The minimum absolute atomic E-state index is 0.00421. The van der Waals surface area contributed by atoms with Gasteiger partial charge in [-0.2, -0.15) is 0 Å². The normalized spacial score (nSPS) is 28.3. The van der Waals surface area contributed by atoms with Crippen LogP contribution in [0, 0.1) is 0 Å². The van der Waals surface area contributed by atoms with E-state index in [1.807, 2.05) is 23.5 Å². The Kier molecular flexibility index (Phi) is 3.81. The topological polar surface area (TPSA) is 63.4 Å². The first kappa shape index (κ1) is 12.3. The van der Waals surface area contributed by atoms with E-state index in [0.717, 1.165) is 24.2 Å². The van der Waals surface area contributed by atoms with Crippen molar-refractivity contribution in [1.29, 1.82) is 0 Å². The van der Waals surface area contributed by atoms with Crippen LogP contribution in [0.5, 0.6) is 0 Å². The average Bonchev–Trinajstić information content (AvgIpc) is 2.68. The van der Waals surface area contributed by atoms with Crippen molar-refractivity contribution in [3.8, 4) is 0 Å². The molecule has 2 N–H and O–H groups in total. The molecule has 1 amide bonds. The van der Waals surface area contributed by atoms with Gasteiger partial charge in [-0.1, -0.05) is 0 Å². The summed E-state index contributed by atoms with van der Waals surface area (Å²) in [4.78, 5) is 24.3. The van der Waals surface area contributed by atoms with Gasteiger partial charge in [-0.25, -0.2) is 0 Å². The van der Waals surface area contributed by atoms with Crippen LogP contribution in [0.2, 0.25) is 0 Å². The fraction of sp³-hybridized carbons (Fsp3) is 0.800. The molecule has 0 aromatic carbocycles. The third-order valence-corrected chi connectivity index (χ3v) is 6.34. The molecule has 0 aromatic heterocycles. The highest BCUT2D eigenvalue weighted by Gasteiger charge is 2.47. The summed E-state index contributed by atoms with van der Waals surface area (Å²) in [6.45, 7) is 0.664. The number of aldehydes is 1. The van der Waals surface area contributed by atoms with E-state index < -0.39 is 0 Å². The molecule has 0 aromatic rings. The molecular formula is C10H16N2O2S2. The largest absolute Gasteiger partial charge is 0.330 e. The number of likely N-dealkylation sites (tertiary alicyclic amines) is 1. The third kappa shape index (κ3) is 2.24. The van der Waals surface area contributed by atoms with Gasteiger partial charge in [0.05, 0.1) is 16.7 Å². The second-order valence-corrected chi connectivity index (χ2v) is 7.31. The summed E-state index contributed by atoms with van der Waals surface area (Å²) in [5, 5.41) is 0. The van der Waals surface area contributed by atoms with Crippen LogP contribution in [0.3, 0.4) is 0 Å². The van der Waals surface area contributed by atoms with Crippen molar-refractivity contribution < 1.29 is 9.59 Å². The molecule has 0 unspecified atom stereocenters. The summed E-state index contributed by atoms with van der Waals surface area (Å²) in [6, 6.07) is -0.269. The molecule has 2 aliphatic rings. The quantitative estimate of drug-likeness (QED) is 0.724. The molecule has 0 saturated carbocycles. The molecule has 1 spiro atoms. The lowest BCUT2D eigenvalue weighted by Gasteiger charge is -2.31. The highest BCUT2D eigenvalue weighted by atomic mass is 32.2. The monoisotopic (exact) mass is 260 g/mol. The highest BCUT2D eigenvalue weighted by molar-refractivity contribution is 8.18. The summed E-state index contributed by atoms with van der Waals surface area (Å²) >= 11 is 3.79. The predicted molar refractivity (Wildman–Crippen MR) is 67.5 cm³/mol. The van der Waals surface area contributed by atoms with Crippen molar-refractivity contribution in [3.05, 3.63) is 0 Å². The maximum Gasteiger partial charge on any atom is 0.236 e. The third-order valence-electron chi connectivity index (χ3n) is 3.00. The lowest BCUT2D eigenvalue weighted by Crippen LogP contribution is -2.41. The molecule has 90 valence electrons. The van der Waals surface area contributed by atoms with Crippen LogP contribution in [-0.2, 0) is 9.59 Å². The van der Waals surface area contributed by atoms with E-state index in [1.165, 1.54) is 6.42 Å². The number of hydrogen-bond donors (Lipinski definition) is 1. The Hall–Kier alpha value is -0.200. The summed E-state index contributed by atoms with van der Waals surface area (Å²) in [7, 11) is 0. The van der Waals surface area contributed by atoms with Gasteiger partial charge in [0.1, 0.15) is 6.29 Å². The lowest BCUT2D eigenvalue weighted by atomic mass is 10.2. The lowest BCUT2D eigenvalue weighted by molar-refractivity contribution is -0.133. The molecule has 2 fully saturated rings. The average molecular weight is 260 g/mol. The number of hydrogen-bond acceptors (Lipinski definition) is 5. The predicted octanol–water partition coefficient (Wildman–Crippen LogP) is 0.311. The van der Waals surface area contributed by atoms with Crippen LogP contribution in [0.15, 0.2) is 0 Å². The number of nitrogens with zero attached hydrogens (tertiary/aromatic N) is 1. The van der Waals surface area contributed by atoms with E-state index in [9.17, 15) is 9.59 Å². The zero-order valence-electron chi connectivity index (χ0n) is 9.05. The minimum Gasteiger partial charge on any atom is -0.330 e. The number of nitrogens with two attached hydrogens (primary N) is 1. The van der Waals surface area contributed by atoms with Gasteiger partial charge in [0, 0.05) is 13.0 Å². The van der Waals surface area contributed by atoms with Crippen molar-refractivity contribution in [2.75, 3.05) is 24.6 Å². The summed E-state index contributed by atoms with van der Waals surface area (Å²) in [6.07, 6.45) is 2.88. The smallest absolute Gasteiger partial charge is 0.236 e. The maximum absolute atomic E-state index is 11.6. The maximum atomic E-state index is 11.6. The Morgan fingerprint density at radius 3 is 2.75 bits per heavy atom. The molecule has 0 bridgehead atoms. The molecule has 0 aliphatic carbocycles. The Labute approximate surface area is 104 Å². The van der Waals surface area contributed by atoms with Crippen LogP contribution >= 0.6 is 23.5 Å². The van der Waals surface area contributed by atoms with Crippen LogP contribution in [-0.4, -0.2) is 51.8 Å². The van der Waals surface area contributed by atoms with E-state index in [-0.39, 0.29) is 22.6 Å². The zero-order valence-corrected chi connectivity index (χ0v) is 10.7. The van der Waals surface area contributed by atoms with E-state index >= 15 is 0 Å². The number of carbonyl (C=O) groups is 2. The summed E-state index contributed by atoms with van der Waals surface area (Å²) in [5.74, 6) is 2.15. The van der Waals surface area contributed by atoms with Gasteiger partial charge in [0.2, 0.25) is 5.91 Å². The number of rotatable bonds is 2. The fourth-order valence-electron chi connectivity index (χ4n) is 2.21. The van der Waals surface area contributed by atoms with Gasteiger partial charge in [-0.3, -0.25) is 4.79 Å². The highest BCUT2D eigenvalue weighted by Crippen LogP contribution is 2.49. The first-order valence-corrected chi connectivity index (χ1v) is 7.41. The van der Waals surface area contributed by atoms with Crippen LogP contribution in [0.25, 0.3) is 0 Å². The minimum atomic E-state index is -0.269. The van der Waals surface area contributed by atoms with E-state index in [4.69, 9.17) is 5.73 Å². The van der Waals surface area contributed by atoms with Crippen LogP contribution in [0.1, 0.15) is 12.8 Å². The van der Waals surface area contributed by atoms with Crippen LogP contribution < -0.4 is 5.73 Å². The van der Waals surface area contributed by atoms with Crippen molar-refractivity contribution in [2.24, 2.45) is 5.73 Å². The van der Waals surface area contributed by atoms with E-state index in [0.29, 0.717) is 6.54 Å². The zero-order chi connectivity index (χ0) is 11.6. The molecular weight excluding hydrogens is 244 g/mol. The van der Waals surface area contributed by atoms with E-state index in [1.54, 1.807) is 4.90 Å². The molecule has 0 radical (unpaired) electrons. The fourth-order valence-corrected chi connectivity index (χ4v) is 5.58. The van der Waals surface area contributed by atoms with Gasteiger partial charge in [-0.05, 0) is 17.9 Å². The molecule has 2 aliphatic heterocycles. The Bertz CT molecular complexity index is 293. The standard InChI is InChI=1S/C10H16N2O2S2/c11-5-9(14)12-7-10(4-8(12)6-13)15-2-1-3-16-10/h6,8H,1-5,7,11H2/t8-/m0/s1. The van der Waals surface area contributed by atoms with Crippen molar-refractivity contribution >= 4 is 35.7 Å². The van der Waals surface area contributed by atoms with Gasteiger partial charge >= 0.3 is 0 Å². The van der Waals surface area contributed by atoms with Gasteiger partial charge < -0.3 is 15.4 Å². The molecule has 2 saturated heterocycles. The first-order valence-electron chi connectivity index (χ1n) is 5.43. The molecule has 4 nitrogen and oxygen atoms in total. The molecule has 2 heterocycles. The SMILES string of the molecule is NCC(=O)N1CC2(C[C@H]1C=O)SCCCS2. The number of thioether (sulfide) groups is 2.